The molecule has 0 spiro atoms. The molecule has 1 aromatic rings. The lowest BCUT2D eigenvalue weighted by molar-refractivity contribution is -0.146. The minimum atomic E-state index is -0.606. The van der Waals surface area contributed by atoms with E-state index in [0.717, 1.165) is 11.1 Å². The van der Waals surface area contributed by atoms with Crippen LogP contribution in [0.3, 0.4) is 0 Å². The molecule has 1 aromatic carbocycles. The van der Waals surface area contributed by atoms with E-state index in [9.17, 15) is 14.4 Å². The molecule has 6 nitrogen and oxygen atoms in total. The van der Waals surface area contributed by atoms with Crippen LogP contribution in [0.15, 0.2) is 24.3 Å². The monoisotopic (exact) mass is 332 g/mol. The minimum absolute atomic E-state index is 0.0368. The van der Waals surface area contributed by atoms with Crippen molar-refractivity contribution in [2.75, 3.05) is 13.7 Å². The molecule has 6 heteroatoms. The third kappa shape index (κ3) is 3.93. The highest BCUT2D eigenvalue weighted by molar-refractivity contribution is 5.90. The van der Waals surface area contributed by atoms with Gasteiger partial charge in [0.05, 0.1) is 7.11 Å². The zero-order chi connectivity index (χ0) is 17.7. The average Bonchev–Trinajstić information content (AvgIpc) is 2.63. The highest BCUT2D eigenvalue weighted by atomic mass is 16.5. The highest BCUT2D eigenvalue weighted by Gasteiger charge is 2.35. The summed E-state index contributed by atoms with van der Waals surface area (Å²) in [4.78, 5) is 38.1. The van der Waals surface area contributed by atoms with E-state index < -0.39 is 12.0 Å². The summed E-state index contributed by atoms with van der Waals surface area (Å²) in [5, 5.41) is 2.57. The van der Waals surface area contributed by atoms with Crippen molar-refractivity contribution in [3.05, 3.63) is 35.4 Å². The van der Waals surface area contributed by atoms with Crippen molar-refractivity contribution in [3.8, 4) is 0 Å². The summed E-state index contributed by atoms with van der Waals surface area (Å²) >= 11 is 0. The second kappa shape index (κ2) is 7.95. The first-order valence-electron chi connectivity index (χ1n) is 8.19. The lowest BCUT2D eigenvalue weighted by Crippen LogP contribution is -2.54. The molecule has 1 aliphatic heterocycles. The topological polar surface area (TPSA) is 75.7 Å². The van der Waals surface area contributed by atoms with E-state index in [0.29, 0.717) is 19.4 Å². The number of rotatable bonds is 5. The van der Waals surface area contributed by atoms with E-state index in [-0.39, 0.29) is 24.3 Å². The van der Waals surface area contributed by atoms with Gasteiger partial charge in [-0.1, -0.05) is 38.1 Å². The zero-order valence-electron chi connectivity index (χ0n) is 14.4. The number of methoxy groups -OCH3 is 1. The van der Waals surface area contributed by atoms with Crippen LogP contribution < -0.4 is 5.32 Å². The third-order valence-corrected chi connectivity index (χ3v) is 4.50. The number of ether oxygens (including phenoxy) is 1. The maximum absolute atomic E-state index is 12.7. The Bertz CT molecular complexity index is 629. The molecule has 0 aromatic heterocycles. The molecule has 2 unspecified atom stereocenters. The van der Waals surface area contributed by atoms with Gasteiger partial charge in [-0.3, -0.25) is 14.4 Å². The molecule has 24 heavy (non-hydrogen) atoms. The highest BCUT2D eigenvalue weighted by Crippen LogP contribution is 2.25. The fraction of sp³-hybridized carbons (Fsp3) is 0.500. The number of amides is 2. The maximum atomic E-state index is 12.7. The molecule has 2 rings (SSSR count). The van der Waals surface area contributed by atoms with E-state index >= 15 is 0 Å². The van der Waals surface area contributed by atoms with E-state index in [4.69, 9.17) is 0 Å². The number of hydrogen-bond donors (Lipinski definition) is 1. The molecule has 0 saturated carbocycles. The number of benzene rings is 1. The molecule has 130 valence electrons. The molecule has 2 atom stereocenters. The molecule has 2 amide bonds. The molecule has 1 N–H and O–H groups in total. The molecule has 1 heterocycles. The second-order valence-corrected chi connectivity index (χ2v) is 6.06. The van der Waals surface area contributed by atoms with Crippen LogP contribution in [0.1, 0.15) is 31.4 Å². The summed E-state index contributed by atoms with van der Waals surface area (Å²) in [5.74, 6) is -1.03. The fourth-order valence-corrected chi connectivity index (χ4v) is 2.80. The van der Waals surface area contributed by atoms with Crippen molar-refractivity contribution in [2.45, 2.75) is 39.3 Å². The molecule has 0 fully saturated rings. The standard InChI is InChI=1S/C18H24N2O4/c1-4-12(2)18(23)20-11-14-8-6-5-7-13(14)9-15(20)17(22)19-10-16(21)24-3/h5-8,12,15H,4,9-11H2,1-3H3,(H,19,22). The van der Waals surface area contributed by atoms with Gasteiger partial charge >= 0.3 is 5.97 Å². The lowest BCUT2D eigenvalue weighted by Gasteiger charge is -2.37. The Morgan fingerprint density at radius 3 is 2.58 bits per heavy atom. The van der Waals surface area contributed by atoms with E-state index in [1.54, 1.807) is 4.90 Å². The Labute approximate surface area is 142 Å². The first-order valence-corrected chi connectivity index (χ1v) is 8.19. The average molecular weight is 332 g/mol. The molecule has 0 aliphatic carbocycles. The Kier molecular flexibility index (Phi) is 5.95. The van der Waals surface area contributed by atoms with Gasteiger partial charge in [0, 0.05) is 18.9 Å². The van der Waals surface area contributed by atoms with Crippen molar-refractivity contribution in [3.63, 3.8) is 0 Å². The zero-order valence-corrected chi connectivity index (χ0v) is 14.4. The molecule has 1 aliphatic rings. The van der Waals surface area contributed by atoms with Crippen LogP contribution in [0, 0.1) is 5.92 Å². The number of hydrogen-bond acceptors (Lipinski definition) is 4. The first kappa shape index (κ1) is 18.0. The molecule has 0 radical (unpaired) electrons. The number of nitrogens with one attached hydrogen (secondary N) is 1. The van der Waals surface area contributed by atoms with Crippen LogP contribution in [0.2, 0.25) is 0 Å². The number of carbonyl (C=O) groups is 3. The van der Waals surface area contributed by atoms with E-state index in [1.807, 2.05) is 38.1 Å². The van der Waals surface area contributed by atoms with Crippen molar-refractivity contribution < 1.29 is 19.1 Å². The maximum Gasteiger partial charge on any atom is 0.325 e. The summed E-state index contributed by atoms with van der Waals surface area (Å²) in [5.41, 5.74) is 2.12. The van der Waals surface area contributed by atoms with Gasteiger partial charge in [0.2, 0.25) is 11.8 Å². The largest absolute Gasteiger partial charge is 0.468 e. The summed E-state index contributed by atoms with van der Waals surface area (Å²) in [6.07, 6.45) is 1.17. The summed E-state index contributed by atoms with van der Waals surface area (Å²) in [7, 11) is 1.27. The molecular weight excluding hydrogens is 308 g/mol. The Morgan fingerprint density at radius 2 is 1.96 bits per heavy atom. The van der Waals surface area contributed by atoms with Gasteiger partial charge in [0.1, 0.15) is 12.6 Å². The Hall–Kier alpha value is -2.37. The lowest BCUT2D eigenvalue weighted by atomic mass is 9.92. The van der Waals surface area contributed by atoms with Gasteiger partial charge in [-0.15, -0.1) is 0 Å². The van der Waals surface area contributed by atoms with Crippen LogP contribution in [0.5, 0.6) is 0 Å². The van der Waals surface area contributed by atoms with Gasteiger partial charge < -0.3 is 15.0 Å². The smallest absolute Gasteiger partial charge is 0.325 e. The van der Waals surface area contributed by atoms with Crippen LogP contribution >= 0.6 is 0 Å². The van der Waals surface area contributed by atoms with Gasteiger partial charge in [-0.25, -0.2) is 0 Å². The van der Waals surface area contributed by atoms with Crippen LogP contribution in [-0.4, -0.2) is 42.4 Å². The van der Waals surface area contributed by atoms with Crippen LogP contribution in [0.4, 0.5) is 0 Å². The van der Waals surface area contributed by atoms with E-state index in [2.05, 4.69) is 10.1 Å². The minimum Gasteiger partial charge on any atom is -0.468 e. The van der Waals surface area contributed by atoms with Gasteiger partial charge in [0.25, 0.3) is 0 Å². The van der Waals surface area contributed by atoms with E-state index in [1.165, 1.54) is 7.11 Å². The SMILES string of the molecule is CCC(C)C(=O)N1Cc2ccccc2CC1C(=O)NCC(=O)OC. The van der Waals surface area contributed by atoms with Crippen molar-refractivity contribution in [1.29, 1.82) is 0 Å². The molecule has 0 bridgehead atoms. The van der Waals surface area contributed by atoms with Crippen LogP contribution in [-0.2, 0) is 32.1 Å². The predicted octanol–water partition coefficient (Wildman–Crippen LogP) is 1.28. The molecule has 0 saturated heterocycles. The fourth-order valence-electron chi connectivity index (χ4n) is 2.80. The summed E-state index contributed by atoms with van der Waals surface area (Å²) in [6.45, 7) is 4.04. The Balaban J connectivity index is 2.22. The number of fused-ring (bicyclic) bond motifs is 1. The van der Waals surface area contributed by atoms with Gasteiger partial charge in [-0.05, 0) is 17.5 Å². The number of esters is 1. The first-order chi connectivity index (χ1) is 11.5. The third-order valence-electron chi connectivity index (χ3n) is 4.50. The van der Waals surface area contributed by atoms with Gasteiger partial charge in [0.15, 0.2) is 0 Å². The van der Waals surface area contributed by atoms with Crippen molar-refractivity contribution in [2.24, 2.45) is 5.92 Å². The van der Waals surface area contributed by atoms with Gasteiger partial charge in [-0.2, -0.15) is 0 Å². The second-order valence-electron chi connectivity index (χ2n) is 6.06. The predicted molar refractivity (Wildman–Crippen MR) is 89.0 cm³/mol. The summed E-state index contributed by atoms with van der Waals surface area (Å²) in [6, 6.07) is 7.21. The normalized spacial score (nSPS) is 17.6. The molecular formula is C18H24N2O4. The summed E-state index contributed by atoms with van der Waals surface area (Å²) < 4.78 is 4.54. The number of nitrogens with zero attached hydrogens (tertiary/aromatic N) is 1. The van der Waals surface area contributed by atoms with Crippen molar-refractivity contribution >= 4 is 17.8 Å². The quantitative estimate of drug-likeness (QED) is 0.824. The number of carbonyl (C=O) groups excluding carboxylic acids is 3. The van der Waals surface area contributed by atoms with Crippen LogP contribution in [0.25, 0.3) is 0 Å². The van der Waals surface area contributed by atoms with Crippen molar-refractivity contribution in [1.82, 2.24) is 10.2 Å². The Morgan fingerprint density at radius 1 is 1.29 bits per heavy atom.